The van der Waals surface area contributed by atoms with Gasteiger partial charge in [-0.1, -0.05) is 5.16 Å². The molecule has 0 radical (unpaired) electrons. The number of aromatic nitrogens is 1. The van der Waals surface area contributed by atoms with Crippen LogP contribution in [0.1, 0.15) is 55.4 Å². The molecule has 1 aromatic carbocycles. The lowest BCUT2D eigenvalue weighted by Crippen LogP contribution is -2.57. The van der Waals surface area contributed by atoms with Crippen molar-refractivity contribution in [1.29, 1.82) is 0 Å². The first-order valence-electron chi connectivity index (χ1n) is 12.7. The molecule has 1 aromatic heterocycles. The first-order valence-corrected chi connectivity index (χ1v) is 12.7. The Morgan fingerprint density at radius 2 is 1.91 bits per heavy atom. The highest BCUT2D eigenvalue weighted by molar-refractivity contribution is 5.94. The molecule has 2 N–H and O–H groups in total. The summed E-state index contributed by atoms with van der Waals surface area (Å²) in [7, 11) is 0. The maximum Gasteiger partial charge on any atom is 0.273 e. The fourth-order valence-corrected chi connectivity index (χ4v) is 5.47. The van der Waals surface area contributed by atoms with Crippen molar-refractivity contribution in [3.8, 4) is 11.3 Å². The molecular formula is C26H30F2N4O3. The standard InChI is InChI=1S/C26H30F2N4O3/c27-17-5-6-18(20(28)11-17)23-12-22(31-35-23)25(34)29-21-7-10-32(13-15-1-2-15)14-19(21)24(33)30-26(8-9-26)16-3-4-16/h5-6,11-12,15-16,19,21H,1-4,7-10,13-14H2,(H,29,34)(H,30,33)/t19-,21-/m0/s1. The zero-order chi connectivity index (χ0) is 24.2. The molecule has 2 heterocycles. The van der Waals surface area contributed by atoms with Gasteiger partial charge in [-0.15, -0.1) is 0 Å². The highest BCUT2D eigenvalue weighted by atomic mass is 19.1. The summed E-state index contributed by atoms with van der Waals surface area (Å²) >= 11 is 0. The molecule has 0 unspecified atom stereocenters. The highest BCUT2D eigenvalue weighted by Gasteiger charge is 2.55. The van der Waals surface area contributed by atoms with Gasteiger partial charge in [-0.2, -0.15) is 0 Å². The van der Waals surface area contributed by atoms with Gasteiger partial charge in [-0.3, -0.25) is 9.59 Å². The van der Waals surface area contributed by atoms with Crippen LogP contribution in [-0.2, 0) is 4.79 Å². The fourth-order valence-electron chi connectivity index (χ4n) is 5.47. The molecule has 4 aliphatic rings. The van der Waals surface area contributed by atoms with Crippen LogP contribution in [0.5, 0.6) is 0 Å². The Hall–Kier alpha value is -2.81. The number of carbonyl (C=O) groups is 2. The van der Waals surface area contributed by atoms with Crippen molar-refractivity contribution in [2.24, 2.45) is 17.8 Å². The van der Waals surface area contributed by atoms with E-state index in [1.807, 2.05) is 0 Å². The number of nitrogens with one attached hydrogen (secondary N) is 2. The Morgan fingerprint density at radius 1 is 1.11 bits per heavy atom. The largest absolute Gasteiger partial charge is 0.355 e. The third-order valence-electron chi connectivity index (χ3n) is 8.02. The summed E-state index contributed by atoms with van der Waals surface area (Å²) in [4.78, 5) is 28.8. The van der Waals surface area contributed by atoms with E-state index in [0.29, 0.717) is 18.9 Å². The molecule has 4 fully saturated rings. The summed E-state index contributed by atoms with van der Waals surface area (Å²) in [6.07, 6.45) is 7.62. The second-order valence-corrected chi connectivity index (χ2v) is 10.8. The maximum atomic E-state index is 14.1. The summed E-state index contributed by atoms with van der Waals surface area (Å²) in [6, 6.07) is 4.14. The van der Waals surface area contributed by atoms with E-state index >= 15 is 0 Å². The summed E-state index contributed by atoms with van der Waals surface area (Å²) in [5.74, 6) is -0.908. The van der Waals surface area contributed by atoms with Crippen LogP contribution in [0.15, 0.2) is 28.8 Å². The predicted molar refractivity (Wildman–Crippen MR) is 123 cm³/mol. The molecule has 186 valence electrons. The molecule has 3 saturated carbocycles. The smallest absolute Gasteiger partial charge is 0.273 e. The molecule has 2 atom stereocenters. The SMILES string of the molecule is O=C(N[C@H]1CCN(CC2CC2)C[C@@H]1C(=O)NC1(C2CC2)CC1)c1cc(-c2ccc(F)cc2F)on1. The van der Waals surface area contributed by atoms with Crippen LogP contribution in [0.2, 0.25) is 0 Å². The van der Waals surface area contributed by atoms with Crippen LogP contribution in [0.25, 0.3) is 11.3 Å². The average Bonchev–Trinajstić information content (AvgIpc) is 3.70. The minimum Gasteiger partial charge on any atom is -0.355 e. The topological polar surface area (TPSA) is 87.5 Å². The minimum absolute atomic E-state index is 0.0000585. The number of likely N-dealkylation sites (tertiary alicyclic amines) is 1. The molecule has 0 bridgehead atoms. The van der Waals surface area contributed by atoms with Gasteiger partial charge < -0.3 is 20.1 Å². The van der Waals surface area contributed by atoms with Crippen LogP contribution in [0.4, 0.5) is 8.78 Å². The second kappa shape index (κ2) is 8.69. The number of hydrogen-bond donors (Lipinski definition) is 2. The quantitative estimate of drug-likeness (QED) is 0.599. The maximum absolute atomic E-state index is 14.1. The third-order valence-corrected chi connectivity index (χ3v) is 8.02. The zero-order valence-electron chi connectivity index (χ0n) is 19.6. The molecule has 2 aromatic rings. The van der Waals surface area contributed by atoms with Crippen LogP contribution in [0.3, 0.4) is 0 Å². The van der Waals surface area contributed by atoms with Crippen molar-refractivity contribution in [2.75, 3.05) is 19.6 Å². The van der Waals surface area contributed by atoms with E-state index < -0.39 is 17.5 Å². The van der Waals surface area contributed by atoms with Gasteiger partial charge in [0.25, 0.3) is 5.91 Å². The van der Waals surface area contributed by atoms with E-state index in [1.54, 1.807) is 0 Å². The van der Waals surface area contributed by atoms with Gasteiger partial charge in [0, 0.05) is 43.3 Å². The Morgan fingerprint density at radius 3 is 2.60 bits per heavy atom. The zero-order valence-corrected chi connectivity index (χ0v) is 19.6. The molecule has 7 nitrogen and oxygen atoms in total. The van der Waals surface area contributed by atoms with Gasteiger partial charge in [0.05, 0.1) is 11.5 Å². The number of carbonyl (C=O) groups excluding carboxylic acids is 2. The first-order chi connectivity index (χ1) is 16.9. The van der Waals surface area contributed by atoms with Crippen molar-refractivity contribution < 1.29 is 22.9 Å². The number of rotatable bonds is 8. The lowest BCUT2D eigenvalue weighted by Gasteiger charge is -2.38. The average molecular weight is 485 g/mol. The van der Waals surface area contributed by atoms with Crippen molar-refractivity contribution in [3.63, 3.8) is 0 Å². The molecular weight excluding hydrogens is 454 g/mol. The Kier molecular flexibility index (Phi) is 5.62. The molecule has 6 rings (SSSR count). The van der Waals surface area contributed by atoms with Crippen LogP contribution in [-0.4, -0.2) is 53.1 Å². The second-order valence-electron chi connectivity index (χ2n) is 10.8. The lowest BCUT2D eigenvalue weighted by atomic mass is 9.90. The summed E-state index contributed by atoms with van der Waals surface area (Å²) < 4.78 is 32.5. The normalized spacial score (nSPS) is 25.8. The number of hydrogen-bond acceptors (Lipinski definition) is 5. The molecule has 1 aliphatic heterocycles. The van der Waals surface area contributed by atoms with Crippen molar-refractivity contribution in [3.05, 3.63) is 41.6 Å². The van der Waals surface area contributed by atoms with Gasteiger partial charge in [0.2, 0.25) is 5.91 Å². The van der Waals surface area contributed by atoms with Crippen molar-refractivity contribution in [2.45, 2.75) is 56.5 Å². The molecule has 2 amide bonds. The molecule has 35 heavy (non-hydrogen) atoms. The first kappa shape index (κ1) is 22.6. The fraction of sp³-hybridized carbons (Fsp3) is 0.577. The Labute approximate surface area is 202 Å². The molecule has 3 aliphatic carbocycles. The number of amides is 2. The van der Waals surface area contributed by atoms with Gasteiger partial charge in [-0.25, -0.2) is 8.78 Å². The van der Waals surface area contributed by atoms with E-state index in [4.69, 9.17) is 4.52 Å². The van der Waals surface area contributed by atoms with E-state index in [-0.39, 0.29) is 40.4 Å². The van der Waals surface area contributed by atoms with E-state index in [1.165, 1.54) is 37.8 Å². The van der Waals surface area contributed by atoms with Gasteiger partial charge >= 0.3 is 0 Å². The monoisotopic (exact) mass is 484 g/mol. The molecule has 1 saturated heterocycles. The number of piperidine rings is 1. The van der Waals surface area contributed by atoms with Crippen molar-refractivity contribution >= 4 is 11.8 Å². The van der Waals surface area contributed by atoms with Crippen molar-refractivity contribution in [1.82, 2.24) is 20.7 Å². The number of benzene rings is 1. The number of nitrogens with zero attached hydrogens (tertiary/aromatic N) is 2. The molecule has 0 spiro atoms. The predicted octanol–water partition coefficient (Wildman–Crippen LogP) is 3.51. The van der Waals surface area contributed by atoms with Crippen LogP contribution < -0.4 is 10.6 Å². The van der Waals surface area contributed by atoms with E-state index in [0.717, 1.165) is 44.0 Å². The Bertz CT molecular complexity index is 1140. The van der Waals surface area contributed by atoms with E-state index in [2.05, 4.69) is 20.7 Å². The van der Waals surface area contributed by atoms with Gasteiger partial charge in [-0.05, 0) is 68.9 Å². The lowest BCUT2D eigenvalue weighted by molar-refractivity contribution is -0.128. The summed E-state index contributed by atoms with van der Waals surface area (Å²) in [5, 5.41) is 10.1. The third kappa shape index (κ3) is 4.83. The van der Waals surface area contributed by atoms with Gasteiger partial charge in [0.1, 0.15) is 11.6 Å². The number of halogens is 2. The van der Waals surface area contributed by atoms with Gasteiger partial charge in [0.15, 0.2) is 11.5 Å². The minimum atomic E-state index is -0.794. The van der Waals surface area contributed by atoms with Crippen LogP contribution >= 0.6 is 0 Å². The summed E-state index contributed by atoms with van der Waals surface area (Å²) in [6.45, 7) is 2.46. The van der Waals surface area contributed by atoms with E-state index in [9.17, 15) is 18.4 Å². The Balaban J connectivity index is 1.15. The highest BCUT2D eigenvalue weighted by Crippen LogP contribution is 2.53. The molecule has 9 heteroatoms. The summed E-state index contributed by atoms with van der Waals surface area (Å²) in [5.41, 5.74) is 0.00308. The van der Waals surface area contributed by atoms with Crippen LogP contribution in [0, 0.1) is 29.4 Å².